The first-order valence-corrected chi connectivity index (χ1v) is 13.8. The molecular formula is C30H52O3. The lowest BCUT2D eigenvalue weighted by Gasteiger charge is -2.16. The normalized spacial score (nSPS) is 11.5. The first kappa shape index (κ1) is 29.5. The zero-order valence-electron chi connectivity index (χ0n) is 22.4. The Bertz CT molecular complexity index is 617. The monoisotopic (exact) mass is 460 g/mol. The number of hydrogen-bond acceptors (Lipinski definition) is 3. The van der Waals surface area contributed by atoms with Gasteiger partial charge in [-0.2, -0.15) is 0 Å². The summed E-state index contributed by atoms with van der Waals surface area (Å²) in [7, 11) is 0. The third-order valence-corrected chi connectivity index (χ3v) is 6.21. The predicted octanol–water partition coefficient (Wildman–Crippen LogP) is 8.58. The maximum Gasteiger partial charge on any atom is 0.306 e. The zero-order valence-corrected chi connectivity index (χ0v) is 22.4. The van der Waals surface area contributed by atoms with Crippen molar-refractivity contribution < 1.29 is 14.6 Å². The second-order valence-corrected chi connectivity index (χ2v) is 10.7. The molecule has 0 amide bonds. The Morgan fingerprint density at radius 3 is 1.70 bits per heavy atom. The molecule has 0 radical (unpaired) electrons. The van der Waals surface area contributed by atoms with Gasteiger partial charge in [0, 0.05) is 6.42 Å². The lowest BCUT2D eigenvalue weighted by atomic mass is 9.92. The van der Waals surface area contributed by atoms with E-state index in [2.05, 4.69) is 46.8 Å². The number of unbranched alkanes of at least 4 members (excludes halogenated alkanes) is 10. The summed E-state index contributed by atoms with van der Waals surface area (Å²) in [5, 5.41) is 10.7. The quantitative estimate of drug-likeness (QED) is 0.166. The van der Waals surface area contributed by atoms with Crippen molar-refractivity contribution >= 4 is 5.97 Å². The highest BCUT2D eigenvalue weighted by molar-refractivity contribution is 5.69. The Kier molecular flexibility index (Phi) is 16.0. The second-order valence-electron chi connectivity index (χ2n) is 10.7. The number of phenols is 1. The molecule has 1 N–H and O–H groups in total. The van der Waals surface area contributed by atoms with Crippen LogP contribution in [0.1, 0.15) is 128 Å². The first-order valence-electron chi connectivity index (χ1n) is 13.8. The van der Waals surface area contributed by atoms with Crippen LogP contribution in [0, 0.1) is 11.8 Å². The van der Waals surface area contributed by atoms with Crippen molar-refractivity contribution in [1.29, 1.82) is 0 Å². The summed E-state index contributed by atoms with van der Waals surface area (Å²) in [4.78, 5) is 12.2. The summed E-state index contributed by atoms with van der Waals surface area (Å²) in [5.41, 5.74) is 3.14. The number of carbonyl (C=O) groups excluding carboxylic acids is 1. The zero-order chi connectivity index (χ0) is 24.5. The van der Waals surface area contributed by atoms with Crippen LogP contribution < -0.4 is 0 Å². The van der Waals surface area contributed by atoms with Crippen molar-refractivity contribution in [2.45, 2.75) is 131 Å². The van der Waals surface area contributed by atoms with Gasteiger partial charge >= 0.3 is 5.97 Å². The van der Waals surface area contributed by atoms with E-state index in [1.165, 1.54) is 57.8 Å². The molecule has 190 valence electrons. The average Bonchev–Trinajstić information content (AvgIpc) is 2.75. The van der Waals surface area contributed by atoms with Crippen molar-refractivity contribution in [1.82, 2.24) is 0 Å². The van der Waals surface area contributed by atoms with E-state index in [0.29, 0.717) is 37.0 Å². The molecule has 0 aromatic heterocycles. The summed E-state index contributed by atoms with van der Waals surface area (Å²) in [5.74, 6) is 1.30. The smallest absolute Gasteiger partial charge is 0.306 e. The molecule has 0 aliphatic rings. The van der Waals surface area contributed by atoms with Crippen LogP contribution in [0.2, 0.25) is 0 Å². The minimum atomic E-state index is -0.106. The van der Waals surface area contributed by atoms with Gasteiger partial charge in [0.1, 0.15) is 5.75 Å². The molecule has 0 aliphatic heterocycles. The Morgan fingerprint density at radius 2 is 1.24 bits per heavy atom. The molecule has 3 heteroatoms. The number of esters is 1. The highest BCUT2D eigenvalue weighted by Crippen LogP contribution is 2.29. The lowest BCUT2D eigenvalue weighted by Crippen LogP contribution is -2.08. The molecule has 0 aliphatic carbocycles. The van der Waals surface area contributed by atoms with Crippen LogP contribution in [0.3, 0.4) is 0 Å². The second kappa shape index (κ2) is 17.9. The first-order chi connectivity index (χ1) is 15.8. The van der Waals surface area contributed by atoms with Crippen molar-refractivity contribution in [2.75, 3.05) is 6.61 Å². The molecule has 1 aromatic carbocycles. The molecule has 1 rings (SSSR count). The molecular weight excluding hydrogens is 408 g/mol. The van der Waals surface area contributed by atoms with Gasteiger partial charge in [-0.05, 0) is 54.2 Å². The number of ether oxygens (including phenoxy) is 1. The van der Waals surface area contributed by atoms with E-state index in [1.54, 1.807) is 0 Å². The highest BCUT2D eigenvalue weighted by atomic mass is 16.5. The fourth-order valence-corrected chi connectivity index (χ4v) is 4.44. The van der Waals surface area contributed by atoms with Crippen LogP contribution >= 0.6 is 0 Å². The van der Waals surface area contributed by atoms with Crippen LogP contribution in [0.5, 0.6) is 5.75 Å². The summed E-state index contributed by atoms with van der Waals surface area (Å²) in [6.07, 6.45) is 17.1. The van der Waals surface area contributed by atoms with Gasteiger partial charge in [-0.3, -0.25) is 4.79 Å². The Hall–Kier alpha value is -1.51. The Morgan fingerprint density at radius 1 is 0.788 bits per heavy atom. The number of phenolic OH excluding ortho intramolecular Hbond substituents is 1. The molecule has 0 unspecified atom stereocenters. The molecule has 0 bridgehead atoms. The van der Waals surface area contributed by atoms with Crippen molar-refractivity contribution in [2.24, 2.45) is 11.8 Å². The SMILES string of the molecule is CCCCCCCCCCCCCOC(=O)CCc1cc(CC(C)C)c(O)c(CC(C)C)c1. The molecule has 1 aromatic rings. The lowest BCUT2D eigenvalue weighted by molar-refractivity contribution is -0.143. The minimum absolute atomic E-state index is 0.106. The summed E-state index contributed by atoms with van der Waals surface area (Å²) in [6.45, 7) is 11.5. The maximum atomic E-state index is 12.2. The van der Waals surface area contributed by atoms with Gasteiger partial charge in [0.05, 0.1) is 6.61 Å². The largest absolute Gasteiger partial charge is 0.507 e. The molecule has 0 heterocycles. The van der Waals surface area contributed by atoms with E-state index < -0.39 is 0 Å². The van der Waals surface area contributed by atoms with Crippen LogP contribution in [0.15, 0.2) is 12.1 Å². The number of rotatable bonds is 19. The molecule has 0 saturated heterocycles. The van der Waals surface area contributed by atoms with Gasteiger partial charge in [0.15, 0.2) is 0 Å². The van der Waals surface area contributed by atoms with Crippen LogP contribution in [0.4, 0.5) is 0 Å². The van der Waals surface area contributed by atoms with Crippen molar-refractivity contribution in [3.63, 3.8) is 0 Å². The van der Waals surface area contributed by atoms with Crippen LogP contribution in [-0.2, 0) is 28.8 Å². The topological polar surface area (TPSA) is 46.5 Å². The third kappa shape index (κ3) is 14.4. The van der Waals surface area contributed by atoms with E-state index in [-0.39, 0.29) is 5.97 Å². The summed E-state index contributed by atoms with van der Waals surface area (Å²) in [6, 6.07) is 4.16. The van der Waals surface area contributed by atoms with Crippen LogP contribution in [0.25, 0.3) is 0 Å². The van der Waals surface area contributed by atoms with Crippen molar-refractivity contribution in [3.8, 4) is 5.75 Å². The van der Waals surface area contributed by atoms with Gasteiger partial charge in [0.25, 0.3) is 0 Å². The predicted molar refractivity (Wildman–Crippen MR) is 141 cm³/mol. The van der Waals surface area contributed by atoms with E-state index in [9.17, 15) is 9.90 Å². The average molecular weight is 461 g/mol. The van der Waals surface area contributed by atoms with Crippen molar-refractivity contribution in [3.05, 3.63) is 28.8 Å². The van der Waals surface area contributed by atoms with Gasteiger partial charge in [-0.25, -0.2) is 0 Å². The van der Waals surface area contributed by atoms with Gasteiger partial charge in [-0.1, -0.05) is 111 Å². The Balaban J connectivity index is 2.27. The molecule has 0 saturated carbocycles. The number of aryl methyl sites for hydroxylation is 1. The molecule has 3 nitrogen and oxygen atoms in total. The number of hydrogen-bond donors (Lipinski definition) is 1. The molecule has 0 fully saturated rings. The molecule has 0 spiro atoms. The maximum absolute atomic E-state index is 12.2. The van der Waals surface area contributed by atoms with Gasteiger partial charge < -0.3 is 9.84 Å². The standard InChI is InChI=1S/C30H52O3/c1-6-7-8-9-10-11-12-13-14-15-16-19-33-29(31)18-17-26-22-27(20-24(2)3)30(32)28(23-26)21-25(4)5/h22-25,32H,6-21H2,1-5H3. The van der Waals surface area contributed by atoms with E-state index in [0.717, 1.165) is 42.4 Å². The van der Waals surface area contributed by atoms with Gasteiger partial charge in [-0.15, -0.1) is 0 Å². The van der Waals surface area contributed by atoms with Gasteiger partial charge in [0.2, 0.25) is 0 Å². The fourth-order valence-electron chi connectivity index (χ4n) is 4.44. The highest BCUT2D eigenvalue weighted by Gasteiger charge is 2.14. The third-order valence-electron chi connectivity index (χ3n) is 6.21. The molecule has 33 heavy (non-hydrogen) atoms. The fraction of sp³-hybridized carbons (Fsp3) is 0.767. The number of aromatic hydroxyl groups is 1. The van der Waals surface area contributed by atoms with E-state index in [4.69, 9.17) is 4.74 Å². The summed E-state index contributed by atoms with van der Waals surface area (Å²) < 4.78 is 5.47. The van der Waals surface area contributed by atoms with E-state index >= 15 is 0 Å². The van der Waals surface area contributed by atoms with Crippen LogP contribution in [-0.4, -0.2) is 17.7 Å². The molecule has 0 atom stereocenters. The summed E-state index contributed by atoms with van der Waals surface area (Å²) >= 11 is 0. The number of benzene rings is 1. The number of carbonyl (C=O) groups is 1. The minimum Gasteiger partial charge on any atom is -0.507 e. The van der Waals surface area contributed by atoms with E-state index in [1.807, 2.05) is 0 Å². The Labute approximate surface area is 204 Å².